The Hall–Kier alpha value is -2.11. The van der Waals surface area contributed by atoms with Crippen molar-refractivity contribution in [1.82, 2.24) is 0 Å². The van der Waals surface area contributed by atoms with Crippen molar-refractivity contribution in [3.05, 3.63) is 59.7 Å². The highest BCUT2D eigenvalue weighted by Gasteiger charge is 2.36. The summed E-state index contributed by atoms with van der Waals surface area (Å²) < 4.78 is 6.02. The molecule has 0 aromatic heterocycles. The second-order valence-corrected chi connectivity index (χ2v) is 9.92. The summed E-state index contributed by atoms with van der Waals surface area (Å²) in [6, 6.07) is 20.8. The highest BCUT2D eigenvalue weighted by Crippen LogP contribution is 2.40. The van der Waals surface area contributed by atoms with E-state index >= 15 is 0 Å². The number of ether oxygens (including phenoxy) is 1. The number of nitrogens with zero attached hydrogens (tertiary/aromatic N) is 1. The van der Waals surface area contributed by atoms with Gasteiger partial charge in [-0.25, -0.2) is 0 Å². The minimum Gasteiger partial charge on any atom is -0.360 e. The maximum absolute atomic E-state index is 9.70. The molecule has 2 aromatic rings. The van der Waals surface area contributed by atoms with Crippen molar-refractivity contribution >= 4 is 0 Å². The van der Waals surface area contributed by atoms with E-state index in [4.69, 9.17) is 4.74 Å². The van der Waals surface area contributed by atoms with E-state index in [2.05, 4.69) is 68.4 Å². The molecule has 0 saturated heterocycles. The fraction of sp³-hybridized carbons (Fsp3) is 0.581. The summed E-state index contributed by atoms with van der Waals surface area (Å²) in [7, 11) is 0. The van der Waals surface area contributed by atoms with Crippen molar-refractivity contribution in [2.24, 2.45) is 0 Å². The van der Waals surface area contributed by atoms with Crippen molar-refractivity contribution in [3.8, 4) is 17.2 Å². The van der Waals surface area contributed by atoms with E-state index in [1.54, 1.807) is 0 Å². The van der Waals surface area contributed by atoms with Gasteiger partial charge in [0.05, 0.1) is 6.07 Å². The first-order valence-corrected chi connectivity index (χ1v) is 13.4. The molecule has 3 rings (SSSR count). The smallest absolute Gasteiger partial charge is 0.154 e. The standard InChI is InChI=1S/C31H43NO/c1-3-5-7-8-9-10-11-26-12-14-27(15-13-26)28-16-18-29(19-17-28)30-20-22-31(25-32,23-21-30)33-24-6-4-2/h12-19,30H,3-11,20-24H2,1-2H3. The predicted molar refractivity (Wildman–Crippen MR) is 139 cm³/mol. The Labute approximate surface area is 202 Å². The highest BCUT2D eigenvalue weighted by molar-refractivity contribution is 5.64. The summed E-state index contributed by atoms with van der Waals surface area (Å²) in [5, 5.41) is 9.70. The van der Waals surface area contributed by atoms with Crippen LogP contribution in [0.15, 0.2) is 48.5 Å². The number of hydrogen-bond donors (Lipinski definition) is 0. The van der Waals surface area contributed by atoms with Gasteiger partial charge in [0.15, 0.2) is 5.60 Å². The van der Waals surface area contributed by atoms with Gasteiger partial charge in [-0.15, -0.1) is 0 Å². The SMILES string of the molecule is CCCCCCCCc1ccc(-c2ccc(C3CCC(C#N)(OCCCC)CC3)cc2)cc1. The molecule has 1 fully saturated rings. The lowest BCUT2D eigenvalue weighted by Gasteiger charge is -2.35. The number of nitriles is 1. The molecule has 0 bridgehead atoms. The van der Waals surface area contributed by atoms with E-state index in [0.717, 1.165) is 38.5 Å². The topological polar surface area (TPSA) is 33.0 Å². The zero-order valence-corrected chi connectivity index (χ0v) is 21.0. The lowest BCUT2D eigenvalue weighted by atomic mass is 9.76. The van der Waals surface area contributed by atoms with Gasteiger partial charge in [0.25, 0.3) is 0 Å². The van der Waals surface area contributed by atoms with Gasteiger partial charge in [-0.1, -0.05) is 101 Å². The van der Waals surface area contributed by atoms with Crippen LogP contribution in [0.1, 0.15) is 108 Å². The third-order valence-electron chi connectivity index (χ3n) is 7.36. The van der Waals surface area contributed by atoms with Gasteiger partial charge < -0.3 is 4.74 Å². The molecule has 1 saturated carbocycles. The molecule has 1 aliphatic rings. The van der Waals surface area contributed by atoms with E-state index < -0.39 is 5.60 Å². The molecular formula is C31H43NO. The minimum atomic E-state index is -0.553. The van der Waals surface area contributed by atoms with E-state index in [1.165, 1.54) is 67.2 Å². The highest BCUT2D eigenvalue weighted by atomic mass is 16.5. The molecule has 1 aliphatic carbocycles. The van der Waals surface area contributed by atoms with Crippen LogP contribution in [0.25, 0.3) is 11.1 Å². The summed E-state index contributed by atoms with van der Waals surface area (Å²) in [6.45, 7) is 5.14. The lowest BCUT2D eigenvalue weighted by molar-refractivity contribution is -0.0319. The average Bonchev–Trinajstić information content (AvgIpc) is 2.87. The monoisotopic (exact) mass is 445 g/mol. The van der Waals surface area contributed by atoms with Gasteiger partial charge in [0.1, 0.15) is 0 Å². The molecule has 0 radical (unpaired) electrons. The van der Waals surface area contributed by atoms with E-state index in [9.17, 15) is 5.26 Å². The average molecular weight is 446 g/mol. The molecule has 2 aromatic carbocycles. The van der Waals surface area contributed by atoms with Crippen LogP contribution in [0.5, 0.6) is 0 Å². The molecular weight excluding hydrogens is 402 g/mol. The number of hydrogen-bond acceptors (Lipinski definition) is 2. The Kier molecular flexibility index (Phi) is 10.5. The molecule has 0 unspecified atom stereocenters. The maximum Gasteiger partial charge on any atom is 0.154 e. The van der Waals surface area contributed by atoms with Crippen LogP contribution < -0.4 is 0 Å². The van der Waals surface area contributed by atoms with E-state index in [-0.39, 0.29) is 0 Å². The van der Waals surface area contributed by atoms with Gasteiger partial charge in [0, 0.05) is 6.61 Å². The van der Waals surface area contributed by atoms with Gasteiger partial charge >= 0.3 is 0 Å². The first-order chi connectivity index (χ1) is 16.2. The Balaban J connectivity index is 1.49. The van der Waals surface area contributed by atoms with Crippen LogP contribution in [-0.2, 0) is 11.2 Å². The van der Waals surface area contributed by atoms with Crippen LogP contribution in [0, 0.1) is 11.3 Å². The van der Waals surface area contributed by atoms with Crippen molar-refractivity contribution in [2.45, 2.75) is 109 Å². The van der Waals surface area contributed by atoms with Crippen LogP contribution in [0.2, 0.25) is 0 Å². The van der Waals surface area contributed by atoms with Crippen molar-refractivity contribution < 1.29 is 4.74 Å². The number of aryl methyl sites for hydroxylation is 1. The summed E-state index contributed by atoms with van der Waals surface area (Å²) >= 11 is 0. The van der Waals surface area contributed by atoms with Gasteiger partial charge in [-0.2, -0.15) is 5.26 Å². The molecule has 0 N–H and O–H groups in total. The third kappa shape index (κ3) is 7.72. The van der Waals surface area contributed by atoms with Crippen LogP contribution in [0.3, 0.4) is 0 Å². The quantitative estimate of drug-likeness (QED) is 0.288. The Morgan fingerprint density at radius 2 is 1.36 bits per heavy atom. The predicted octanol–water partition coefficient (Wildman–Crippen LogP) is 8.99. The van der Waals surface area contributed by atoms with Gasteiger partial charge in [-0.3, -0.25) is 0 Å². The van der Waals surface area contributed by atoms with Gasteiger partial charge in [-0.05, 0) is 73.1 Å². The summed E-state index contributed by atoms with van der Waals surface area (Å²) in [5.41, 5.74) is 4.89. The molecule has 0 aliphatic heterocycles. The van der Waals surface area contributed by atoms with Crippen molar-refractivity contribution in [3.63, 3.8) is 0 Å². The van der Waals surface area contributed by atoms with Crippen molar-refractivity contribution in [2.75, 3.05) is 6.61 Å². The Morgan fingerprint density at radius 3 is 1.97 bits per heavy atom. The fourth-order valence-corrected chi connectivity index (χ4v) is 5.04. The summed E-state index contributed by atoms with van der Waals surface area (Å²) in [5.74, 6) is 0.537. The molecule has 0 spiro atoms. The fourth-order valence-electron chi connectivity index (χ4n) is 5.04. The minimum absolute atomic E-state index is 0.537. The van der Waals surface area contributed by atoms with E-state index in [1.807, 2.05) is 0 Å². The number of unbranched alkanes of at least 4 members (excludes halogenated alkanes) is 6. The number of rotatable bonds is 13. The zero-order chi connectivity index (χ0) is 23.4. The van der Waals surface area contributed by atoms with Crippen LogP contribution in [-0.4, -0.2) is 12.2 Å². The lowest BCUT2D eigenvalue weighted by Crippen LogP contribution is -2.35. The van der Waals surface area contributed by atoms with Gasteiger partial charge in [0.2, 0.25) is 0 Å². The van der Waals surface area contributed by atoms with Crippen LogP contribution in [0.4, 0.5) is 0 Å². The van der Waals surface area contributed by atoms with Crippen LogP contribution >= 0.6 is 0 Å². The molecule has 0 atom stereocenters. The van der Waals surface area contributed by atoms with Crippen molar-refractivity contribution in [1.29, 1.82) is 5.26 Å². The zero-order valence-electron chi connectivity index (χ0n) is 21.0. The molecule has 0 heterocycles. The Bertz CT molecular complexity index is 838. The molecule has 2 nitrogen and oxygen atoms in total. The Morgan fingerprint density at radius 1 is 0.788 bits per heavy atom. The second kappa shape index (κ2) is 13.6. The number of benzene rings is 2. The molecule has 0 amide bonds. The summed E-state index contributed by atoms with van der Waals surface area (Å²) in [6.07, 6.45) is 15.2. The third-order valence-corrected chi connectivity index (χ3v) is 7.36. The molecule has 2 heteroatoms. The van der Waals surface area contributed by atoms with E-state index in [0.29, 0.717) is 12.5 Å². The first kappa shape index (κ1) is 25.5. The maximum atomic E-state index is 9.70. The summed E-state index contributed by atoms with van der Waals surface area (Å²) in [4.78, 5) is 0. The molecule has 178 valence electrons. The first-order valence-electron chi connectivity index (χ1n) is 13.4. The second-order valence-electron chi connectivity index (χ2n) is 9.92. The normalized spacial score (nSPS) is 20.5. The largest absolute Gasteiger partial charge is 0.360 e. The molecule has 33 heavy (non-hydrogen) atoms.